The Morgan fingerprint density at radius 1 is 1.36 bits per heavy atom. The predicted octanol–water partition coefficient (Wildman–Crippen LogP) is 1.18. The maximum atomic E-state index is 5.63. The zero-order chi connectivity index (χ0) is 8.27. The molecule has 2 N–H and O–H groups in total. The fraction of sp³-hybridized carbons (Fsp3) is 0.500. The van der Waals surface area contributed by atoms with Crippen molar-refractivity contribution in [1.82, 2.24) is 9.97 Å². The molecule has 1 aromatic heterocycles. The number of hydrogen-bond acceptors (Lipinski definition) is 3. The van der Waals surface area contributed by atoms with Crippen LogP contribution >= 0.6 is 0 Å². The summed E-state index contributed by atoms with van der Waals surface area (Å²) in [6, 6.07) is 0. The molecule has 0 fully saturated rings. The molecule has 0 aliphatic heterocycles. The second kappa shape index (κ2) is 3.32. The summed E-state index contributed by atoms with van der Waals surface area (Å²) >= 11 is 0. The molecule has 0 unspecified atom stereocenters. The fourth-order valence-corrected chi connectivity index (χ4v) is 0.909. The molecule has 0 saturated heterocycles. The first-order valence-electron chi connectivity index (χ1n) is 3.88. The number of aryl methyl sites for hydroxylation is 2. The Kier molecular flexibility index (Phi) is 2.41. The second-order valence-corrected chi connectivity index (χ2v) is 2.40. The molecule has 0 radical (unpaired) electrons. The highest BCUT2D eigenvalue weighted by Gasteiger charge is 1.99. The van der Waals surface area contributed by atoms with Crippen LogP contribution in [0.4, 0.5) is 5.82 Å². The van der Waals surface area contributed by atoms with Crippen molar-refractivity contribution in [2.24, 2.45) is 0 Å². The van der Waals surface area contributed by atoms with E-state index in [0.29, 0.717) is 5.82 Å². The summed E-state index contributed by atoms with van der Waals surface area (Å²) in [7, 11) is 0. The molecular formula is C8H13N3. The Morgan fingerprint density at radius 3 is 2.55 bits per heavy atom. The average Bonchev–Trinajstić information content (AvgIpc) is 2.04. The minimum absolute atomic E-state index is 0.576. The highest BCUT2D eigenvalue weighted by atomic mass is 14.9. The second-order valence-electron chi connectivity index (χ2n) is 2.40. The van der Waals surface area contributed by atoms with Crippen LogP contribution in [0.2, 0.25) is 0 Å². The Hall–Kier alpha value is -1.12. The van der Waals surface area contributed by atoms with Gasteiger partial charge in [0.25, 0.3) is 0 Å². The van der Waals surface area contributed by atoms with Crippen molar-refractivity contribution in [1.29, 1.82) is 0 Å². The van der Waals surface area contributed by atoms with Crippen molar-refractivity contribution in [3.63, 3.8) is 0 Å². The van der Waals surface area contributed by atoms with Gasteiger partial charge in [0.2, 0.25) is 0 Å². The summed E-state index contributed by atoms with van der Waals surface area (Å²) in [5, 5.41) is 0. The molecule has 3 heteroatoms. The van der Waals surface area contributed by atoms with Gasteiger partial charge < -0.3 is 5.73 Å². The molecule has 0 atom stereocenters. The lowest BCUT2D eigenvalue weighted by Gasteiger charge is -2.01. The van der Waals surface area contributed by atoms with Crippen LogP contribution in [-0.2, 0) is 12.8 Å². The third kappa shape index (κ3) is 1.67. The molecule has 60 valence electrons. The van der Waals surface area contributed by atoms with E-state index >= 15 is 0 Å². The number of nitrogen functional groups attached to an aromatic ring is 1. The zero-order valence-electron chi connectivity index (χ0n) is 6.96. The summed E-state index contributed by atoms with van der Waals surface area (Å²) in [6.07, 6.45) is 3.53. The van der Waals surface area contributed by atoms with E-state index in [9.17, 15) is 0 Å². The Morgan fingerprint density at radius 2 is 2.09 bits per heavy atom. The van der Waals surface area contributed by atoms with Gasteiger partial charge in [-0.2, -0.15) is 0 Å². The molecule has 0 spiro atoms. The van der Waals surface area contributed by atoms with Crippen LogP contribution in [0.5, 0.6) is 0 Å². The van der Waals surface area contributed by atoms with Crippen LogP contribution in [-0.4, -0.2) is 9.97 Å². The van der Waals surface area contributed by atoms with E-state index in [1.807, 2.05) is 13.8 Å². The summed E-state index contributed by atoms with van der Waals surface area (Å²) in [4.78, 5) is 8.36. The SMILES string of the molecule is CCc1cnc(CC)c(N)n1. The van der Waals surface area contributed by atoms with Crippen LogP contribution in [0.25, 0.3) is 0 Å². The average molecular weight is 151 g/mol. The Bertz CT molecular complexity index is 245. The number of nitrogens with two attached hydrogens (primary N) is 1. The first-order valence-corrected chi connectivity index (χ1v) is 3.88. The first-order chi connectivity index (χ1) is 5.27. The van der Waals surface area contributed by atoms with Gasteiger partial charge in [0.15, 0.2) is 0 Å². The topological polar surface area (TPSA) is 51.8 Å². The number of nitrogens with zero attached hydrogens (tertiary/aromatic N) is 2. The Labute approximate surface area is 66.7 Å². The normalized spacial score (nSPS) is 10.0. The smallest absolute Gasteiger partial charge is 0.145 e. The molecule has 11 heavy (non-hydrogen) atoms. The number of anilines is 1. The fourth-order valence-electron chi connectivity index (χ4n) is 0.909. The minimum Gasteiger partial charge on any atom is -0.382 e. The molecule has 0 bridgehead atoms. The summed E-state index contributed by atoms with van der Waals surface area (Å²) in [5.41, 5.74) is 7.48. The lowest BCUT2D eigenvalue weighted by molar-refractivity contribution is 0.946. The van der Waals surface area contributed by atoms with Crippen molar-refractivity contribution in [3.05, 3.63) is 17.6 Å². The predicted molar refractivity (Wildman–Crippen MR) is 45.2 cm³/mol. The van der Waals surface area contributed by atoms with Gasteiger partial charge in [0.05, 0.1) is 11.4 Å². The number of aromatic nitrogens is 2. The van der Waals surface area contributed by atoms with Crippen molar-refractivity contribution < 1.29 is 0 Å². The minimum atomic E-state index is 0.576. The van der Waals surface area contributed by atoms with Gasteiger partial charge in [0.1, 0.15) is 5.82 Å². The lowest BCUT2D eigenvalue weighted by Crippen LogP contribution is -2.02. The molecule has 0 saturated carbocycles. The molecule has 0 aliphatic rings. The van der Waals surface area contributed by atoms with Crippen LogP contribution in [0.1, 0.15) is 25.2 Å². The van der Waals surface area contributed by atoms with E-state index in [1.54, 1.807) is 6.20 Å². The van der Waals surface area contributed by atoms with E-state index < -0.39 is 0 Å². The van der Waals surface area contributed by atoms with Crippen LogP contribution < -0.4 is 5.73 Å². The molecule has 1 aromatic rings. The summed E-state index contributed by atoms with van der Waals surface area (Å²) in [6.45, 7) is 4.06. The van der Waals surface area contributed by atoms with Gasteiger partial charge in [0, 0.05) is 6.20 Å². The third-order valence-corrected chi connectivity index (χ3v) is 1.63. The van der Waals surface area contributed by atoms with Crippen LogP contribution in [0, 0.1) is 0 Å². The molecule has 1 rings (SSSR count). The maximum absolute atomic E-state index is 5.63. The molecule has 0 aromatic carbocycles. The van der Waals surface area contributed by atoms with E-state index in [-0.39, 0.29) is 0 Å². The van der Waals surface area contributed by atoms with Crippen molar-refractivity contribution in [2.75, 3.05) is 5.73 Å². The standard InChI is InChI=1S/C8H13N3/c1-3-6-5-10-7(4-2)8(9)11-6/h5H,3-4H2,1-2H3,(H2,9,11). The summed E-state index contributed by atoms with van der Waals surface area (Å²) in [5.74, 6) is 0.576. The third-order valence-electron chi connectivity index (χ3n) is 1.63. The Balaban J connectivity index is 2.99. The molecular weight excluding hydrogens is 138 g/mol. The molecule has 0 amide bonds. The molecule has 3 nitrogen and oxygen atoms in total. The van der Waals surface area contributed by atoms with Crippen LogP contribution in [0.3, 0.4) is 0 Å². The number of rotatable bonds is 2. The zero-order valence-corrected chi connectivity index (χ0v) is 6.96. The van der Waals surface area contributed by atoms with Crippen molar-refractivity contribution in [3.8, 4) is 0 Å². The van der Waals surface area contributed by atoms with Gasteiger partial charge in [-0.05, 0) is 12.8 Å². The van der Waals surface area contributed by atoms with Crippen molar-refractivity contribution >= 4 is 5.82 Å². The highest BCUT2D eigenvalue weighted by molar-refractivity contribution is 5.34. The molecule has 1 heterocycles. The van der Waals surface area contributed by atoms with E-state index in [0.717, 1.165) is 24.2 Å². The van der Waals surface area contributed by atoms with Gasteiger partial charge in [-0.3, -0.25) is 4.98 Å². The van der Waals surface area contributed by atoms with Crippen LogP contribution in [0.15, 0.2) is 6.20 Å². The monoisotopic (exact) mass is 151 g/mol. The largest absolute Gasteiger partial charge is 0.382 e. The van der Waals surface area contributed by atoms with Gasteiger partial charge in [-0.1, -0.05) is 13.8 Å². The summed E-state index contributed by atoms with van der Waals surface area (Å²) < 4.78 is 0. The highest BCUT2D eigenvalue weighted by Crippen LogP contribution is 2.06. The number of hydrogen-bond donors (Lipinski definition) is 1. The lowest BCUT2D eigenvalue weighted by atomic mass is 10.3. The molecule has 0 aliphatic carbocycles. The maximum Gasteiger partial charge on any atom is 0.145 e. The quantitative estimate of drug-likeness (QED) is 0.690. The van der Waals surface area contributed by atoms with Gasteiger partial charge in [-0.25, -0.2) is 4.98 Å². The van der Waals surface area contributed by atoms with E-state index in [2.05, 4.69) is 9.97 Å². The van der Waals surface area contributed by atoms with Gasteiger partial charge in [-0.15, -0.1) is 0 Å². The first kappa shape index (κ1) is 7.98. The van der Waals surface area contributed by atoms with Crippen molar-refractivity contribution in [2.45, 2.75) is 26.7 Å². The van der Waals surface area contributed by atoms with Gasteiger partial charge >= 0.3 is 0 Å². The van der Waals surface area contributed by atoms with E-state index in [1.165, 1.54) is 0 Å². The van der Waals surface area contributed by atoms with E-state index in [4.69, 9.17) is 5.73 Å².